The lowest BCUT2D eigenvalue weighted by Crippen LogP contribution is -2.33. The third-order valence-corrected chi connectivity index (χ3v) is 4.15. The van der Waals surface area contributed by atoms with E-state index < -0.39 is 11.7 Å². The molecule has 0 aliphatic carbocycles. The van der Waals surface area contributed by atoms with Crippen molar-refractivity contribution in [1.29, 1.82) is 0 Å². The van der Waals surface area contributed by atoms with Gasteiger partial charge in [0.25, 0.3) is 5.56 Å². The van der Waals surface area contributed by atoms with Crippen LogP contribution in [0.1, 0.15) is 31.9 Å². The van der Waals surface area contributed by atoms with Gasteiger partial charge in [0.05, 0.1) is 30.7 Å². The van der Waals surface area contributed by atoms with Crippen LogP contribution in [-0.2, 0) is 17.8 Å². The average molecular weight is 351 g/mol. The number of fused-ring (bicyclic) bond motifs is 3. The molecule has 24 heavy (non-hydrogen) atoms. The van der Waals surface area contributed by atoms with Gasteiger partial charge in [0.1, 0.15) is 11.4 Å². The summed E-state index contributed by atoms with van der Waals surface area (Å²) < 4.78 is 10.7. The Bertz CT molecular complexity index is 883. The molecule has 1 aliphatic heterocycles. The van der Waals surface area contributed by atoms with Gasteiger partial charge in [-0.1, -0.05) is 11.6 Å². The maximum absolute atomic E-state index is 12.3. The van der Waals surface area contributed by atoms with Crippen molar-refractivity contribution in [3.8, 4) is 5.75 Å². The van der Waals surface area contributed by atoms with Crippen molar-refractivity contribution in [1.82, 2.24) is 9.88 Å². The molecule has 2 heterocycles. The Morgan fingerprint density at radius 3 is 2.54 bits per heavy atom. The minimum Gasteiger partial charge on any atom is -0.495 e. The number of H-pyrrole nitrogens is 1. The van der Waals surface area contributed by atoms with Crippen LogP contribution in [0.3, 0.4) is 0 Å². The van der Waals surface area contributed by atoms with Crippen LogP contribution in [-0.4, -0.2) is 28.7 Å². The molecule has 128 valence electrons. The molecule has 1 aromatic carbocycles. The number of nitrogens with one attached hydrogen (secondary N) is 1. The predicted molar refractivity (Wildman–Crippen MR) is 91.6 cm³/mol. The number of rotatable bonds is 1. The Morgan fingerprint density at radius 1 is 1.25 bits per heavy atom. The van der Waals surface area contributed by atoms with E-state index in [2.05, 4.69) is 4.98 Å². The molecule has 0 saturated carbocycles. The number of nitrogens with zero attached hydrogens (tertiary/aromatic N) is 1. The highest BCUT2D eigenvalue weighted by atomic mass is 35.5. The van der Waals surface area contributed by atoms with Gasteiger partial charge < -0.3 is 14.5 Å². The zero-order valence-electron chi connectivity index (χ0n) is 14.0. The first kappa shape index (κ1) is 16.6. The molecule has 0 saturated heterocycles. The lowest BCUT2D eigenvalue weighted by Gasteiger charge is -2.24. The molecule has 0 bridgehead atoms. The fourth-order valence-corrected chi connectivity index (χ4v) is 3.04. The van der Waals surface area contributed by atoms with Crippen LogP contribution in [0, 0.1) is 0 Å². The lowest BCUT2D eigenvalue weighted by atomic mass is 10.1. The van der Waals surface area contributed by atoms with E-state index >= 15 is 0 Å². The molecular formula is C17H19ClN2O4. The van der Waals surface area contributed by atoms with E-state index in [1.54, 1.807) is 12.1 Å². The van der Waals surface area contributed by atoms with Crippen LogP contribution >= 0.6 is 11.6 Å². The first-order chi connectivity index (χ1) is 11.2. The second-order valence-corrected chi connectivity index (χ2v) is 7.19. The summed E-state index contributed by atoms with van der Waals surface area (Å²) in [5.74, 6) is 0.522. The van der Waals surface area contributed by atoms with Gasteiger partial charge in [-0.25, -0.2) is 4.79 Å². The van der Waals surface area contributed by atoms with Crippen molar-refractivity contribution in [2.75, 3.05) is 7.11 Å². The first-order valence-corrected chi connectivity index (χ1v) is 7.96. The van der Waals surface area contributed by atoms with Gasteiger partial charge in [0, 0.05) is 10.9 Å². The zero-order valence-corrected chi connectivity index (χ0v) is 14.8. The quantitative estimate of drug-likeness (QED) is 0.855. The van der Waals surface area contributed by atoms with Crippen LogP contribution in [0.15, 0.2) is 16.9 Å². The zero-order chi connectivity index (χ0) is 17.6. The average Bonchev–Trinajstić information content (AvgIpc) is 2.91. The summed E-state index contributed by atoms with van der Waals surface area (Å²) in [6.45, 7) is 5.96. The predicted octanol–water partition coefficient (Wildman–Crippen LogP) is 3.44. The van der Waals surface area contributed by atoms with Crippen molar-refractivity contribution in [3.63, 3.8) is 0 Å². The summed E-state index contributed by atoms with van der Waals surface area (Å²) >= 11 is 6.13. The van der Waals surface area contributed by atoms with E-state index in [-0.39, 0.29) is 12.1 Å². The van der Waals surface area contributed by atoms with E-state index in [9.17, 15) is 9.59 Å². The van der Waals surface area contributed by atoms with Crippen LogP contribution in [0.5, 0.6) is 5.75 Å². The molecule has 0 atom stereocenters. The van der Waals surface area contributed by atoms with Gasteiger partial charge in [-0.15, -0.1) is 0 Å². The summed E-state index contributed by atoms with van der Waals surface area (Å²) in [7, 11) is 1.53. The maximum atomic E-state index is 12.3. The fourth-order valence-electron chi connectivity index (χ4n) is 2.80. The normalized spacial score (nSPS) is 14.0. The molecule has 1 aromatic heterocycles. The molecule has 0 unspecified atom stereocenters. The first-order valence-electron chi connectivity index (χ1n) is 7.59. The van der Waals surface area contributed by atoms with Gasteiger partial charge in [-0.3, -0.25) is 9.69 Å². The Hall–Kier alpha value is -2.21. The van der Waals surface area contributed by atoms with Gasteiger partial charge in [-0.2, -0.15) is 0 Å². The third-order valence-electron chi connectivity index (χ3n) is 3.85. The number of halogens is 1. The van der Waals surface area contributed by atoms with E-state index in [0.29, 0.717) is 28.4 Å². The molecule has 6 nitrogen and oxygen atoms in total. The molecule has 3 rings (SSSR count). The van der Waals surface area contributed by atoms with E-state index in [4.69, 9.17) is 21.1 Å². The summed E-state index contributed by atoms with van der Waals surface area (Å²) in [6, 6.07) is 3.44. The number of methoxy groups -OCH3 is 1. The van der Waals surface area contributed by atoms with E-state index in [0.717, 1.165) is 10.9 Å². The number of carbonyl (C=O) groups is 1. The Kier molecular flexibility index (Phi) is 3.95. The number of amides is 1. The van der Waals surface area contributed by atoms with Gasteiger partial charge in [0.15, 0.2) is 0 Å². The summed E-state index contributed by atoms with van der Waals surface area (Å²) in [5.41, 5.74) is 1.18. The van der Waals surface area contributed by atoms with Crippen molar-refractivity contribution >= 4 is 28.6 Å². The minimum absolute atomic E-state index is 0.218. The second-order valence-electron chi connectivity index (χ2n) is 6.78. The number of pyridine rings is 1. The molecular weight excluding hydrogens is 332 g/mol. The number of aromatic amines is 1. The standard InChI is InChI=1S/C17H19ClN2O4/c1-17(2,3)24-16(22)20-7-10-9-5-14(23-4)12(18)6-13(9)19-15(21)11(10)8-20/h5-6H,7-8H2,1-4H3,(H,19,21). The monoisotopic (exact) mass is 350 g/mol. The van der Waals surface area contributed by atoms with Crippen LogP contribution in [0.2, 0.25) is 5.02 Å². The topological polar surface area (TPSA) is 71.6 Å². The SMILES string of the molecule is COc1cc2c3c(c(=O)[nH]c2cc1Cl)CN(C(=O)OC(C)(C)C)C3. The number of ether oxygens (including phenoxy) is 2. The highest BCUT2D eigenvalue weighted by Gasteiger charge is 2.31. The number of aromatic nitrogens is 1. The maximum Gasteiger partial charge on any atom is 0.410 e. The molecule has 0 spiro atoms. The van der Waals surface area contributed by atoms with Crippen LogP contribution in [0.4, 0.5) is 4.79 Å². The Morgan fingerprint density at radius 2 is 1.92 bits per heavy atom. The highest BCUT2D eigenvalue weighted by molar-refractivity contribution is 6.32. The smallest absolute Gasteiger partial charge is 0.410 e. The van der Waals surface area contributed by atoms with Gasteiger partial charge >= 0.3 is 6.09 Å². The molecule has 0 radical (unpaired) electrons. The minimum atomic E-state index is -0.586. The number of hydrogen-bond acceptors (Lipinski definition) is 4. The summed E-state index contributed by atoms with van der Waals surface area (Å²) in [4.78, 5) is 29.0. The van der Waals surface area contributed by atoms with Crippen molar-refractivity contribution in [3.05, 3.63) is 38.6 Å². The van der Waals surface area contributed by atoms with Gasteiger partial charge in [-0.05, 0) is 38.5 Å². The van der Waals surface area contributed by atoms with Gasteiger partial charge in [0.2, 0.25) is 0 Å². The lowest BCUT2D eigenvalue weighted by molar-refractivity contribution is 0.0242. The third kappa shape index (κ3) is 2.94. The van der Waals surface area contributed by atoms with E-state index in [1.165, 1.54) is 12.0 Å². The Balaban J connectivity index is 2.04. The van der Waals surface area contributed by atoms with Crippen molar-refractivity contribution < 1.29 is 14.3 Å². The van der Waals surface area contributed by atoms with E-state index in [1.807, 2.05) is 20.8 Å². The molecule has 1 N–H and O–H groups in total. The summed E-state index contributed by atoms with van der Waals surface area (Å²) in [5, 5.41) is 1.24. The molecule has 2 aromatic rings. The molecule has 1 amide bonds. The molecule has 7 heteroatoms. The highest BCUT2D eigenvalue weighted by Crippen LogP contribution is 2.34. The number of carbonyl (C=O) groups excluding carboxylic acids is 1. The number of hydrogen-bond donors (Lipinski definition) is 1. The fraction of sp³-hybridized carbons (Fsp3) is 0.412. The largest absolute Gasteiger partial charge is 0.495 e. The van der Waals surface area contributed by atoms with Crippen molar-refractivity contribution in [2.24, 2.45) is 0 Å². The van der Waals surface area contributed by atoms with Crippen LogP contribution in [0.25, 0.3) is 10.9 Å². The number of benzene rings is 1. The molecule has 0 fully saturated rings. The van der Waals surface area contributed by atoms with Crippen LogP contribution < -0.4 is 10.3 Å². The second kappa shape index (κ2) is 5.70. The van der Waals surface area contributed by atoms with Crippen molar-refractivity contribution in [2.45, 2.75) is 39.5 Å². The Labute approximate surface area is 144 Å². The summed E-state index contributed by atoms with van der Waals surface area (Å²) in [6.07, 6.45) is -0.438. The molecule has 1 aliphatic rings.